The molecule has 6 nitrogen and oxygen atoms in total. The average Bonchev–Trinajstić information content (AvgIpc) is 2.92. The molecule has 2 aliphatic heterocycles. The predicted octanol–water partition coefficient (Wildman–Crippen LogP) is 3.07. The van der Waals surface area contributed by atoms with Crippen LogP contribution in [0.15, 0.2) is 54.6 Å². The fourth-order valence-electron chi connectivity index (χ4n) is 3.90. The van der Waals surface area contributed by atoms with Crippen LogP contribution in [0.3, 0.4) is 0 Å². The number of imide groups is 1. The smallest absolute Gasteiger partial charge is 0.325 e. The van der Waals surface area contributed by atoms with E-state index in [4.69, 9.17) is 11.6 Å². The van der Waals surface area contributed by atoms with E-state index in [9.17, 15) is 14.4 Å². The third-order valence-corrected chi connectivity index (χ3v) is 5.64. The number of amides is 4. The topological polar surface area (TPSA) is 69.7 Å². The number of nitrogens with zero attached hydrogens (tertiary/aromatic N) is 2. The number of carbonyl (C=O) groups is 3. The molecule has 2 saturated heterocycles. The Morgan fingerprint density at radius 3 is 2.54 bits per heavy atom. The lowest BCUT2D eigenvalue weighted by Gasteiger charge is -2.38. The van der Waals surface area contributed by atoms with Crippen LogP contribution >= 0.6 is 11.6 Å². The molecule has 2 fully saturated rings. The summed E-state index contributed by atoms with van der Waals surface area (Å²) in [6, 6.07) is 15.8. The normalized spacial score (nSPS) is 21.9. The highest BCUT2D eigenvalue weighted by Crippen LogP contribution is 2.30. The van der Waals surface area contributed by atoms with E-state index >= 15 is 0 Å². The van der Waals surface area contributed by atoms with Crippen LogP contribution in [0.5, 0.6) is 0 Å². The molecule has 0 aliphatic carbocycles. The molecule has 2 heterocycles. The van der Waals surface area contributed by atoms with Gasteiger partial charge in [0, 0.05) is 6.54 Å². The van der Waals surface area contributed by atoms with Crippen molar-refractivity contribution in [2.75, 3.05) is 13.1 Å². The van der Waals surface area contributed by atoms with Gasteiger partial charge in [0.25, 0.3) is 11.8 Å². The molecule has 2 aliphatic rings. The van der Waals surface area contributed by atoms with E-state index in [-0.39, 0.29) is 24.9 Å². The van der Waals surface area contributed by atoms with Crippen molar-refractivity contribution in [2.24, 2.45) is 0 Å². The monoisotopic (exact) mass is 397 g/mol. The summed E-state index contributed by atoms with van der Waals surface area (Å²) in [4.78, 5) is 41.4. The molecular weight excluding hydrogens is 378 g/mol. The van der Waals surface area contributed by atoms with Crippen molar-refractivity contribution in [3.05, 3.63) is 70.7 Å². The van der Waals surface area contributed by atoms with Gasteiger partial charge < -0.3 is 10.2 Å². The summed E-state index contributed by atoms with van der Waals surface area (Å²) in [6.07, 6.45) is 1.14. The van der Waals surface area contributed by atoms with E-state index in [1.807, 2.05) is 30.3 Å². The number of rotatable bonds is 3. The van der Waals surface area contributed by atoms with Gasteiger partial charge in [-0.25, -0.2) is 4.79 Å². The molecule has 144 valence electrons. The number of piperidine rings is 1. The number of nitrogens with one attached hydrogen (secondary N) is 1. The van der Waals surface area contributed by atoms with Crippen molar-refractivity contribution in [3.63, 3.8) is 0 Å². The maximum absolute atomic E-state index is 13.1. The first-order chi connectivity index (χ1) is 13.5. The Bertz CT molecular complexity index is 934. The molecule has 0 unspecified atom stereocenters. The van der Waals surface area contributed by atoms with Gasteiger partial charge in [-0.3, -0.25) is 14.5 Å². The second-order valence-corrected chi connectivity index (χ2v) is 7.61. The van der Waals surface area contributed by atoms with Crippen LogP contribution in [0.1, 0.15) is 28.8 Å². The van der Waals surface area contributed by atoms with Crippen LogP contribution in [0.2, 0.25) is 5.02 Å². The summed E-state index contributed by atoms with van der Waals surface area (Å²) < 4.78 is 0. The molecule has 1 N–H and O–H groups in total. The first-order valence-corrected chi connectivity index (χ1v) is 9.60. The molecule has 4 amide bonds. The third kappa shape index (κ3) is 3.24. The molecule has 7 heteroatoms. The number of carbonyl (C=O) groups excluding carboxylic acids is 3. The van der Waals surface area contributed by atoms with Crippen LogP contribution in [-0.4, -0.2) is 46.3 Å². The Balaban J connectivity index is 1.55. The summed E-state index contributed by atoms with van der Waals surface area (Å²) in [6.45, 7) is 0.881. The molecule has 4 rings (SSSR count). The highest BCUT2D eigenvalue weighted by Gasteiger charge is 2.53. The zero-order chi connectivity index (χ0) is 19.7. The molecule has 1 spiro atoms. The van der Waals surface area contributed by atoms with Crippen LogP contribution in [0.25, 0.3) is 0 Å². The minimum atomic E-state index is -1.07. The number of urea groups is 1. The molecule has 0 aromatic heterocycles. The number of benzene rings is 2. The first-order valence-electron chi connectivity index (χ1n) is 9.22. The van der Waals surface area contributed by atoms with Gasteiger partial charge in [-0.15, -0.1) is 0 Å². The molecule has 2 aromatic carbocycles. The standard InChI is InChI=1S/C21H20ClN3O3/c22-17-10-5-4-9-16(17)18(26)24-12-6-11-21(14-24)19(27)25(20(28)23-21)13-15-7-2-1-3-8-15/h1-5,7-10H,6,11-14H2,(H,23,28)/t21-/m0/s1. The summed E-state index contributed by atoms with van der Waals surface area (Å²) in [5.41, 5.74) is 0.211. The quantitative estimate of drug-likeness (QED) is 0.809. The molecule has 0 bridgehead atoms. The molecule has 1 atom stereocenters. The molecule has 0 saturated carbocycles. The maximum atomic E-state index is 13.1. The Labute approximate surface area is 168 Å². The first kappa shape index (κ1) is 18.5. The largest absolute Gasteiger partial charge is 0.336 e. The van der Waals surface area contributed by atoms with Crippen molar-refractivity contribution in [3.8, 4) is 0 Å². The number of halogens is 1. The predicted molar refractivity (Wildman–Crippen MR) is 105 cm³/mol. The van der Waals surface area contributed by atoms with Gasteiger partial charge in [-0.1, -0.05) is 54.1 Å². The maximum Gasteiger partial charge on any atom is 0.325 e. The number of hydrogen-bond acceptors (Lipinski definition) is 3. The second kappa shape index (κ2) is 7.28. The van der Waals surface area contributed by atoms with Crippen molar-refractivity contribution in [2.45, 2.75) is 24.9 Å². The molecular formula is C21H20ClN3O3. The van der Waals surface area contributed by atoms with Crippen molar-refractivity contribution < 1.29 is 14.4 Å². The highest BCUT2D eigenvalue weighted by molar-refractivity contribution is 6.33. The Hall–Kier alpha value is -2.86. The Kier molecular flexibility index (Phi) is 4.81. The van der Waals surface area contributed by atoms with E-state index < -0.39 is 11.6 Å². The summed E-state index contributed by atoms with van der Waals surface area (Å²) in [5, 5.41) is 3.23. The van der Waals surface area contributed by atoms with E-state index in [1.54, 1.807) is 29.2 Å². The van der Waals surface area contributed by atoms with Crippen LogP contribution in [-0.2, 0) is 11.3 Å². The molecule has 0 radical (unpaired) electrons. The summed E-state index contributed by atoms with van der Waals surface area (Å²) in [7, 11) is 0. The van der Waals surface area contributed by atoms with E-state index in [2.05, 4.69) is 5.32 Å². The SMILES string of the molecule is O=C(c1ccccc1Cl)N1CCC[C@@]2(C1)NC(=O)N(Cc1ccccc1)C2=O. The average molecular weight is 398 g/mol. The van der Waals surface area contributed by atoms with Gasteiger partial charge in [0.2, 0.25) is 0 Å². The summed E-state index contributed by atoms with van der Waals surface area (Å²) >= 11 is 6.16. The fraction of sp³-hybridized carbons (Fsp3) is 0.286. The Morgan fingerprint density at radius 2 is 1.79 bits per heavy atom. The van der Waals surface area contributed by atoms with Crippen LogP contribution < -0.4 is 5.32 Å². The fourth-order valence-corrected chi connectivity index (χ4v) is 4.11. The zero-order valence-electron chi connectivity index (χ0n) is 15.2. The van der Waals surface area contributed by atoms with E-state index in [0.29, 0.717) is 30.0 Å². The number of hydrogen-bond donors (Lipinski definition) is 1. The van der Waals surface area contributed by atoms with Gasteiger partial charge >= 0.3 is 6.03 Å². The van der Waals surface area contributed by atoms with E-state index in [0.717, 1.165) is 5.56 Å². The third-order valence-electron chi connectivity index (χ3n) is 5.31. The van der Waals surface area contributed by atoms with E-state index in [1.165, 1.54) is 4.90 Å². The molecule has 2 aromatic rings. The number of likely N-dealkylation sites (tertiary alicyclic amines) is 1. The van der Waals surface area contributed by atoms with Crippen LogP contribution in [0, 0.1) is 0 Å². The second-order valence-electron chi connectivity index (χ2n) is 7.20. The van der Waals surface area contributed by atoms with Gasteiger partial charge in [0.15, 0.2) is 0 Å². The Morgan fingerprint density at radius 1 is 1.07 bits per heavy atom. The lowest BCUT2D eigenvalue weighted by Crippen LogP contribution is -2.59. The zero-order valence-corrected chi connectivity index (χ0v) is 16.0. The minimum absolute atomic E-state index is 0.146. The van der Waals surface area contributed by atoms with Crippen molar-refractivity contribution in [1.82, 2.24) is 15.1 Å². The van der Waals surface area contributed by atoms with Gasteiger partial charge in [-0.2, -0.15) is 0 Å². The highest BCUT2D eigenvalue weighted by atomic mass is 35.5. The van der Waals surface area contributed by atoms with Gasteiger partial charge in [-0.05, 0) is 30.5 Å². The lowest BCUT2D eigenvalue weighted by molar-refractivity contribution is -0.133. The molecule has 28 heavy (non-hydrogen) atoms. The van der Waals surface area contributed by atoms with Crippen molar-refractivity contribution >= 4 is 29.4 Å². The minimum Gasteiger partial charge on any atom is -0.336 e. The van der Waals surface area contributed by atoms with Crippen molar-refractivity contribution in [1.29, 1.82) is 0 Å². The van der Waals surface area contributed by atoms with Gasteiger partial charge in [0.05, 0.1) is 23.7 Å². The van der Waals surface area contributed by atoms with Gasteiger partial charge in [0.1, 0.15) is 5.54 Å². The lowest BCUT2D eigenvalue weighted by atomic mass is 9.88. The summed E-state index contributed by atoms with van der Waals surface area (Å²) in [5.74, 6) is -0.508. The van der Waals surface area contributed by atoms with Crippen LogP contribution in [0.4, 0.5) is 4.79 Å².